The predicted molar refractivity (Wildman–Crippen MR) is 113 cm³/mol. The van der Waals surface area contributed by atoms with Crippen LogP contribution in [0.15, 0.2) is 47.2 Å². The first-order valence-corrected chi connectivity index (χ1v) is 10.2. The second-order valence-electron chi connectivity index (χ2n) is 5.71. The van der Waals surface area contributed by atoms with Crippen LogP contribution in [0.4, 0.5) is 10.6 Å². The zero-order valence-corrected chi connectivity index (χ0v) is 17.5. The maximum absolute atomic E-state index is 11.1. The maximum atomic E-state index is 11.1. The average molecular weight is 463 g/mol. The number of amides is 1. The summed E-state index contributed by atoms with van der Waals surface area (Å²) in [5.41, 5.74) is 7.06. The highest BCUT2D eigenvalue weighted by Gasteiger charge is 2.16. The zero-order valence-electron chi connectivity index (χ0n) is 15.1. The molecule has 0 atom stereocenters. The van der Waals surface area contributed by atoms with Crippen molar-refractivity contribution in [3.8, 4) is 21.4 Å². The lowest BCUT2D eigenvalue weighted by Crippen LogP contribution is -2.15. The van der Waals surface area contributed by atoms with Gasteiger partial charge in [0.05, 0.1) is 17.2 Å². The molecule has 0 spiro atoms. The van der Waals surface area contributed by atoms with E-state index in [-0.39, 0.29) is 0 Å². The molecular weight excluding hydrogens is 444 g/mol. The van der Waals surface area contributed by atoms with Crippen molar-refractivity contribution in [1.82, 2.24) is 9.97 Å². The Bertz CT molecular complexity index is 947. The smallest absolute Gasteiger partial charge is 0.410 e. The van der Waals surface area contributed by atoms with Crippen LogP contribution in [0.1, 0.15) is 12.5 Å². The van der Waals surface area contributed by atoms with Gasteiger partial charge < -0.3 is 20.5 Å². The van der Waals surface area contributed by atoms with Crippen LogP contribution < -0.4 is 20.5 Å². The van der Waals surface area contributed by atoms with Gasteiger partial charge in [-0.2, -0.15) is 0 Å². The summed E-state index contributed by atoms with van der Waals surface area (Å²) in [6.45, 7) is 3.03. The van der Waals surface area contributed by atoms with E-state index in [1.165, 1.54) is 23.2 Å². The summed E-state index contributed by atoms with van der Waals surface area (Å²) in [4.78, 5) is 20.5. The SMILES string of the molecule is CCOc1cc(-c2cc(NCCc3ccc(Br)cc3)ncn2)sc1OC(N)=O. The van der Waals surface area contributed by atoms with Gasteiger partial charge in [0.2, 0.25) is 5.06 Å². The van der Waals surface area contributed by atoms with Gasteiger partial charge >= 0.3 is 6.09 Å². The molecule has 0 saturated carbocycles. The first-order valence-electron chi connectivity index (χ1n) is 8.59. The monoisotopic (exact) mass is 462 g/mol. The molecule has 0 aliphatic rings. The molecule has 0 bridgehead atoms. The number of aromatic nitrogens is 2. The Balaban J connectivity index is 1.70. The molecule has 146 valence electrons. The van der Waals surface area contributed by atoms with Gasteiger partial charge in [-0.1, -0.05) is 39.4 Å². The van der Waals surface area contributed by atoms with Crippen LogP contribution in [0.5, 0.6) is 10.8 Å². The normalized spacial score (nSPS) is 10.5. The molecule has 2 aromatic heterocycles. The summed E-state index contributed by atoms with van der Waals surface area (Å²) >= 11 is 4.68. The van der Waals surface area contributed by atoms with Crippen LogP contribution in [0.3, 0.4) is 0 Å². The van der Waals surface area contributed by atoms with E-state index in [9.17, 15) is 4.79 Å². The molecule has 0 aliphatic carbocycles. The lowest BCUT2D eigenvalue weighted by molar-refractivity contribution is 0.209. The highest BCUT2D eigenvalue weighted by atomic mass is 79.9. The number of halogens is 1. The molecule has 0 saturated heterocycles. The summed E-state index contributed by atoms with van der Waals surface area (Å²) < 4.78 is 11.6. The number of carbonyl (C=O) groups excluding carboxylic acids is 1. The zero-order chi connectivity index (χ0) is 19.9. The number of nitrogens with two attached hydrogens (primary N) is 1. The molecule has 0 unspecified atom stereocenters. The first-order chi connectivity index (χ1) is 13.5. The maximum Gasteiger partial charge on any atom is 0.410 e. The number of thiophene rings is 1. The number of hydrogen-bond donors (Lipinski definition) is 2. The van der Waals surface area contributed by atoms with E-state index >= 15 is 0 Å². The Labute approximate surface area is 175 Å². The van der Waals surface area contributed by atoms with Crippen LogP contribution in [-0.4, -0.2) is 29.2 Å². The number of primary amides is 1. The van der Waals surface area contributed by atoms with Crippen molar-refractivity contribution >= 4 is 39.2 Å². The number of carbonyl (C=O) groups is 1. The van der Waals surface area contributed by atoms with Crippen molar-refractivity contribution in [3.05, 3.63) is 52.8 Å². The van der Waals surface area contributed by atoms with Crippen LogP contribution in [0.2, 0.25) is 0 Å². The van der Waals surface area contributed by atoms with Gasteiger partial charge in [0.1, 0.15) is 12.1 Å². The summed E-state index contributed by atoms with van der Waals surface area (Å²) in [6, 6.07) is 11.8. The quantitative estimate of drug-likeness (QED) is 0.511. The Hall–Kier alpha value is -2.65. The Morgan fingerprint density at radius 3 is 2.75 bits per heavy atom. The minimum Gasteiger partial charge on any atom is -0.489 e. The fourth-order valence-electron chi connectivity index (χ4n) is 2.48. The minimum atomic E-state index is -0.882. The number of benzene rings is 1. The van der Waals surface area contributed by atoms with Crippen LogP contribution in [-0.2, 0) is 6.42 Å². The van der Waals surface area contributed by atoms with Crippen LogP contribution in [0.25, 0.3) is 10.6 Å². The summed E-state index contributed by atoms with van der Waals surface area (Å²) in [5, 5.41) is 3.61. The van der Waals surface area contributed by atoms with Gasteiger partial charge in [0, 0.05) is 23.2 Å². The standard InChI is InChI=1S/C19H19BrN4O3S/c1-2-26-15-10-16(28-18(15)27-19(21)25)14-9-17(24-11-23-14)22-8-7-12-3-5-13(20)6-4-12/h3-6,9-11H,2,7-8H2,1H3,(H2,21,25)(H,22,23,24). The van der Waals surface area contributed by atoms with E-state index in [1.807, 2.05) is 25.1 Å². The number of nitrogens with zero attached hydrogens (tertiary/aromatic N) is 2. The van der Waals surface area contributed by atoms with E-state index in [4.69, 9.17) is 15.2 Å². The molecule has 1 aromatic carbocycles. The van der Waals surface area contributed by atoms with Gasteiger partial charge in [-0.3, -0.25) is 0 Å². The molecule has 0 fully saturated rings. The molecule has 1 amide bonds. The third-order valence-electron chi connectivity index (χ3n) is 3.71. The molecule has 0 aliphatic heterocycles. The topological polar surface area (TPSA) is 99.4 Å². The molecule has 28 heavy (non-hydrogen) atoms. The fourth-order valence-corrected chi connectivity index (χ4v) is 3.67. The number of rotatable bonds is 8. The van der Waals surface area contributed by atoms with Gasteiger partial charge in [-0.05, 0) is 31.0 Å². The van der Waals surface area contributed by atoms with Crippen LogP contribution in [0, 0.1) is 0 Å². The van der Waals surface area contributed by atoms with Crippen molar-refractivity contribution in [2.24, 2.45) is 5.73 Å². The summed E-state index contributed by atoms with van der Waals surface area (Å²) in [7, 11) is 0. The van der Waals surface area contributed by atoms with Crippen molar-refractivity contribution in [2.45, 2.75) is 13.3 Å². The third-order valence-corrected chi connectivity index (χ3v) is 5.26. The molecule has 7 nitrogen and oxygen atoms in total. The second-order valence-corrected chi connectivity index (χ2v) is 7.64. The van der Waals surface area contributed by atoms with Crippen LogP contribution >= 0.6 is 27.3 Å². The number of anilines is 1. The van der Waals surface area contributed by atoms with E-state index < -0.39 is 6.09 Å². The highest BCUT2D eigenvalue weighted by Crippen LogP contribution is 2.42. The third kappa shape index (κ3) is 5.43. The fraction of sp³-hybridized carbons (Fsp3) is 0.211. The summed E-state index contributed by atoms with van der Waals surface area (Å²) in [6.07, 6.45) is 1.48. The van der Waals surface area contributed by atoms with Crippen molar-refractivity contribution in [2.75, 3.05) is 18.5 Å². The first kappa shape index (κ1) is 20.1. The Morgan fingerprint density at radius 2 is 2.04 bits per heavy atom. The van der Waals surface area contributed by atoms with E-state index in [0.717, 1.165) is 22.3 Å². The number of ether oxygens (including phenoxy) is 2. The van der Waals surface area contributed by atoms with Crippen molar-refractivity contribution in [1.29, 1.82) is 0 Å². The summed E-state index contributed by atoms with van der Waals surface area (Å²) in [5.74, 6) is 1.18. The molecule has 9 heteroatoms. The molecule has 0 radical (unpaired) electrons. The second kappa shape index (κ2) is 9.52. The number of nitrogens with one attached hydrogen (secondary N) is 1. The average Bonchev–Trinajstić information content (AvgIpc) is 3.06. The molecule has 3 aromatic rings. The molecule has 3 rings (SSSR count). The van der Waals surface area contributed by atoms with Gasteiger partial charge in [-0.15, -0.1) is 0 Å². The highest BCUT2D eigenvalue weighted by molar-refractivity contribution is 9.10. The predicted octanol–water partition coefficient (Wildman–Crippen LogP) is 4.48. The lowest BCUT2D eigenvalue weighted by Gasteiger charge is -2.06. The largest absolute Gasteiger partial charge is 0.489 e. The molecule has 2 heterocycles. The van der Waals surface area contributed by atoms with Gasteiger partial charge in [0.15, 0.2) is 5.75 Å². The Morgan fingerprint density at radius 1 is 1.25 bits per heavy atom. The lowest BCUT2D eigenvalue weighted by atomic mass is 10.1. The van der Waals surface area contributed by atoms with E-state index in [1.54, 1.807) is 6.07 Å². The molecule has 3 N–H and O–H groups in total. The van der Waals surface area contributed by atoms with E-state index in [2.05, 4.69) is 43.3 Å². The van der Waals surface area contributed by atoms with Gasteiger partial charge in [-0.25, -0.2) is 14.8 Å². The number of hydrogen-bond acceptors (Lipinski definition) is 7. The minimum absolute atomic E-state index is 0.313. The van der Waals surface area contributed by atoms with E-state index in [0.29, 0.717) is 28.9 Å². The Kier molecular flexibility index (Phi) is 6.83. The van der Waals surface area contributed by atoms with Gasteiger partial charge in [0.25, 0.3) is 0 Å². The van der Waals surface area contributed by atoms with Crippen molar-refractivity contribution in [3.63, 3.8) is 0 Å². The molecular formula is C19H19BrN4O3S. The van der Waals surface area contributed by atoms with Crippen molar-refractivity contribution < 1.29 is 14.3 Å².